The molecule has 1 aliphatic heterocycles. The SMILES string of the molecule is CC1(C)CCC(N2CCN(CCc3ccccc3)C(=O)C2)C1. The fraction of sp³-hybridized carbons (Fsp3) is 0.632. The third-order valence-electron chi connectivity index (χ3n) is 5.32. The summed E-state index contributed by atoms with van der Waals surface area (Å²) < 4.78 is 0. The average Bonchev–Trinajstić information content (AvgIpc) is 2.87. The molecule has 2 aliphatic rings. The molecule has 0 N–H and O–H groups in total. The summed E-state index contributed by atoms with van der Waals surface area (Å²) in [6, 6.07) is 11.1. The second-order valence-corrected chi connectivity index (χ2v) is 7.65. The molecule has 1 saturated heterocycles. The van der Waals surface area contributed by atoms with Crippen LogP contribution >= 0.6 is 0 Å². The molecular weight excluding hydrogens is 272 g/mol. The number of amides is 1. The van der Waals surface area contributed by atoms with E-state index in [1.54, 1.807) is 0 Å². The molecule has 1 aromatic rings. The summed E-state index contributed by atoms with van der Waals surface area (Å²) in [4.78, 5) is 16.9. The highest BCUT2D eigenvalue weighted by molar-refractivity contribution is 5.79. The van der Waals surface area contributed by atoms with E-state index in [9.17, 15) is 4.79 Å². The van der Waals surface area contributed by atoms with Gasteiger partial charge in [-0.1, -0.05) is 44.2 Å². The van der Waals surface area contributed by atoms with Crippen molar-refractivity contribution in [2.75, 3.05) is 26.2 Å². The van der Waals surface area contributed by atoms with E-state index in [4.69, 9.17) is 0 Å². The van der Waals surface area contributed by atoms with E-state index in [1.807, 2.05) is 11.0 Å². The van der Waals surface area contributed by atoms with Crippen LogP contribution in [0.15, 0.2) is 30.3 Å². The van der Waals surface area contributed by atoms with Crippen LogP contribution in [0.4, 0.5) is 0 Å². The minimum absolute atomic E-state index is 0.312. The van der Waals surface area contributed by atoms with Crippen LogP contribution in [-0.2, 0) is 11.2 Å². The van der Waals surface area contributed by atoms with Crippen LogP contribution in [0.3, 0.4) is 0 Å². The maximum Gasteiger partial charge on any atom is 0.236 e. The lowest BCUT2D eigenvalue weighted by Gasteiger charge is -2.38. The van der Waals surface area contributed by atoms with Crippen LogP contribution < -0.4 is 0 Å². The monoisotopic (exact) mass is 300 g/mol. The topological polar surface area (TPSA) is 23.6 Å². The molecule has 0 spiro atoms. The standard InChI is InChI=1S/C19H28N2O/c1-19(2)10-8-17(14-19)21-13-12-20(18(22)15-21)11-9-16-6-4-3-5-7-16/h3-7,17H,8-15H2,1-2H3. The first-order chi connectivity index (χ1) is 10.5. The number of nitrogens with zero attached hydrogens (tertiary/aromatic N) is 2. The molecule has 3 rings (SSSR count). The summed E-state index contributed by atoms with van der Waals surface area (Å²) >= 11 is 0. The van der Waals surface area contributed by atoms with Crippen molar-refractivity contribution >= 4 is 5.91 Å². The van der Waals surface area contributed by atoms with Crippen molar-refractivity contribution in [2.45, 2.75) is 45.6 Å². The molecule has 1 unspecified atom stereocenters. The zero-order valence-corrected chi connectivity index (χ0v) is 13.9. The molecule has 0 bridgehead atoms. The third kappa shape index (κ3) is 3.70. The Morgan fingerprint density at radius 3 is 2.59 bits per heavy atom. The smallest absolute Gasteiger partial charge is 0.236 e. The van der Waals surface area contributed by atoms with Crippen molar-refractivity contribution in [3.05, 3.63) is 35.9 Å². The Labute approximate surface area is 134 Å². The van der Waals surface area contributed by atoms with Crippen molar-refractivity contribution in [3.63, 3.8) is 0 Å². The van der Waals surface area contributed by atoms with Crippen LogP contribution in [0.2, 0.25) is 0 Å². The second kappa shape index (κ2) is 6.41. The Kier molecular flexibility index (Phi) is 4.53. The van der Waals surface area contributed by atoms with Gasteiger partial charge in [-0.2, -0.15) is 0 Å². The van der Waals surface area contributed by atoms with Gasteiger partial charge in [-0.15, -0.1) is 0 Å². The summed E-state index contributed by atoms with van der Waals surface area (Å²) in [6.07, 6.45) is 4.75. The summed E-state index contributed by atoms with van der Waals surface area (Å²) in [5.41, 5.74) is 1.77. The Hall–Kier alpha value is -1.35. The molecule has 3 nitrogen and oxygen atoms in total. The molecule has 1 aromatic carbocycles. The van der Waals surface area contributed by atoms with Gasteiger partial charge in [0.25, 0.3) is 0 Å². The Bertz CT molecular complexity index is 511. The van der Waals surface area contributed by atoms with E-state index < -0.39 is 0 Å². The lowest BCUT2D eigenvalue weighted by Crippen LogP contribution is -2.53. The van der Waals surface area contributed by atoms with Gasteiger partial charge in [0.05, 0.1) is 6.54 Å². The first-order valence-electron chi connectivity index (χ1n) is 8.59. The number of hydrogen-bond donors (Lipinski definition) is 0. The fourth-order valence-corrected chi connectivity index (χ4v) is 3.89. The number of benzene rings is 1. The molecular formula is C19H28N2O. The second-order valence-electron chi connectivity index (χ2n) is 7.65. The van der Waals surface area contributed by atoms with Crippen molar-refractivity contribution in [1.82, 2.24) is 9.80 Å². The predicted octanol–water partition coefficient (Wildman–Crippen LogP) is 2.95. The largest absolute Gasteiger partial charge is 0.340 e. The first kappa shape index (κ1) is 15.5. The maximum absolute atomic E-state index is 12.4. The molecule has 1 aliphatic carbocycles. The number of carbonyl (C=O) groups excluding carboxylic acids is 1. The molecule has 120 valence electrons. The highest BCUT2D eigenvalue weighted by Gasteiger charge is 2.36. The predicted molar refractivity (Wildman–Crippen MR) is 89.7 cm³/mol. The van der Waals surface area contributed by atoms with Gasteiger partial charge in [0, 0.05) is 25.7 Å². The van der Waals surface area contributed by atoms with Gasteiger partial charge in [-0.3, -0.25) is 9.69 Å². The summed E-state index contributed by atoms with van der Waals surface area (Å²) in [5, 5.41) is 0. The van der Waals surface area contributed by atoms with Gasteiger partial charge in [-0.25, -0.2) is 0 Å². The molecule has 1 amide bonds. The molecule has 2 fully saturated rings. The van der Waals surface area contributed by atoms with Gasteiger partial charge in [0.1, 0.15) is 0 Å². The summed E-state index contributed by atoms with van der Waals surface area (Å²) in [7, 11) is 0. The van der Waals surface area contributed by atoms with Crippen LogP contribution in [-0.4, -0.2) is 47.9 Å². The zero-order valence-electron chi connectivity index (χ0n) is 13.9. The quantitative estimate of drug-likeness (QED) is 0.853. The number of hydrogen-bond acceptors (Lipinski definition) is 2. The summed E-state index contributed by atoms with van der Waals surface area (Å²) in [6.45, 7) is 8.11. The Morgan fingerprint density at radius 2 is 1.95 bits per heavy atom. The van der Waals surface area contributed by atoms with Gasteiger partial charge in [-0.05, 0) is 36.7 Å². The van der Waals surface area contributed by atoms with E-state index in [2.05, 4.69) is 43.0 Å². The summed E-state index contributed by atoms with van der Waals surface area (Å²) in [5.74, 6) is 0.312. The lowest BCUT2D eigenvalue weighted by molar-refractivity contribution is -0.137. The Balaban J connectivity index is 1.49. The highest BCUT2D eigenvalue weighted by Crippen LogP contribution is 2.39. The van der Waals surface area contributed by atoms with Gasteiger partial charge in [0.15, 0.2) is 0 Å². The normalized spacial score (nSPS) is 25.6. The lowest BCUT2D eigenvalue weighted by atomic mass is 9.91. The molecule has 1 heterocycles. The van der Waals surface area contributed by atoms with Crippen molar-refractivity contribution in [1.29, 1.82) is 0 Å². The van der Waals surface area contributed by atoms with E-state index in [1.165, 1.54) is 24.8 Å². The van der Waals surface area contributed by atoms with Crippen LogP contribution in [0.1, 0.15) is 38.7 Å². The van der Waals surface area contributed by atoms with E-state index in [0.717, 1.165) is 26.1 Å². The minimum Gasteiger partial charge on any atom is -0.340 e. The van der Waals surface area contributed by atoms with Crippen molar-refractivity contribution in [2.24, 2.45) is 5.41 Å². The number of piperazine rings is 1. The van der Waals surface area contributed by atoms with Crippen LogP contribution in [0.25, 0.3) is 0 Å². The van der Waals surface area contributed by atoms with Crippen LogP contribution in [0, 0.1) is 5.41 Å². The number of rotatable bonds is 4. The molecule has 22 heavy (non-hydrogen) atoms. The van der Waals surface area contributed by atoms with Gasteiger partial charge >= 0.3 is 0 Å². The molecule has 3 heteroatoms. The third-order valence-corrected chi connectivity index (χ3v) is 5.32. The van der Waals surface area contributed by atoms with E-state index >= 15 is 0 Å². The van der Waals surface area contributed by atoms with Gasteiger partial charge < -0.3 is 4.90 Å². The average molecular weight is 300 g/mol. The highest BCUT2D eigenvalue weighted by atomic mass is 16.2. The minimum atomic E-state index is 0.312. The molecule has 0 aromatic heterocycles. The van der Waals surface area contributed by atoms with Crippen LogP contribution in [0.5, 0.6) is 0 Å². The zero-order chi connectivity index (χ0) is 15.6. The molecule has 1 saturated carbocycles. The number of carbonyl (C=O) groups is 1. The maximum atomic E-state index is 12.4. The molecule has 1 atom stereocenters. The van der Waals surface area contributed by atoms with E-state index in [0.29, 0.717) is 23.9 Å². The van der Waals surface area contributed by atoms with Crippen molar-refractivity contribution in [3.8, 4) is 0 Å². The molecule has 0 radical (unpaired) electrons. The first-order valence-corrected chi connectivity index (χ1v) is 8.59. The van der Waals surface area contributed by atoms with Gasteiger partial charge in [0.2, 0.25) is 5.91 Å². The van der Waals surface area contributed by atoms with E-state index in [-0.39, 0.29) is 0 Å². The Morgan fingerprint density at radius 1 is 1.18 bits per heavy atom. The van der Waals surface area contributed by atoms with Crippen molar-refractivity contribution < 1.29 is 4.79 Å². The fourth-order valence-electron chi connectivity index (χ4n) is 3.89.